The smallest absolute Gasteiger partial charge is 0.410 e. The van der Waals surface area contributed by atoms with E-state index in [0.29, 0.717) is 12.4 Å². The van der Waals surface area contributed by atoms with Gasteiger partial charge in [-0.15, -0.1) is 15.3 Å². The van der Waals surface area contributed by atoms with Gasteiger partial charge in [-0.25, -0.2) is 4.79 Å². The molecule has 0 aliphatic carbocycles. The number of carbonyl (C=O) groups is 1. The normalized spacial score (nSPS) is 17.4. The standard InChI is InChI=1S/C19H23N5O2S2/c1-19(2,3)26-18(25)23-11-7-10-14(23)15-20-21-16-24(15)22-17(28-16)27-12-13-8-5-4-6-9-13/h4-6,8-9,14H,7,10-12H2,1-3H3. The summed E-state index contributed by atoms with van der Waals surface area (Å²) < 4.78 is 8.29. The highest BCUT2D eigenvalue weighted by Gasteiger charge is 2.36. The number of hydrogen-bond acceptors (Lipinski definition) is 7. The summed E-state index contributed by atoms with van der Waals surface area (Å²) in [5, 5.41) is 13.3. The van der Waals surface area contributed by atoms with Crippen LogP contribution < -0.4 is 0 Å². The third-order valence-corrected chi connectivity index (χ3v) is 6.48. The Hall–Kier alpha value is -2.13. The molecule has 0 bridgehead atoms. The Labute approximate surface area is 172 Å². The maximum absolute atomic E-state index is 12.6. The molecule has 0 spiro atoms. The quantitative estimate of drug-likeness (QED) is 0.580. The van der Waals surface area contributed by atoms with Crippen LogP contribution in [0.1, 0.15) is 51.0 Å². The van der Waals surface area contributed by atoms with Crippen molar-refractivity contribution in [1.29, 1.82) is 0 Å². The second-order valence-electron chi connectivity index (χ2n) is 7.73. The third kappa shape index (κ3) is 4.15. The number of nitrogens with zero attached hydrogens (tertiary/aromatic N) is 5. The zero-order chi connectivity index (χ0) is 19.7. The van der Waals surface area contributed by atoms with Gasteiger partial charge in [-0.2, -0.15) is 4.52 Å². The highest BCUT2D eigenvalue weighted by atomic mass is 32.2. The molecule has 148 valence electrons. The van der Waals surface area contributed by atoms with Crippen LogP contribution in [0.3, 0.4) is 0 Å². The van der Waals surface area contributed by atoms with Gasteiger partial charge in [0.2, 0.25) is 4.96 Å². The van der Waals surface area contributed by atoms with Crippen molar-refractivity contribution in [2.24, 2.45) is 0 Å². The van der Waals surface area contributed by atoms with Gasteiger partial charge >= 0.3 is 6.09 Å². The van der Waals surface area contributed by atoms with Crippen LogP contribution in [-0.4, -0.2) is 43.0 Å². The monoisotopic (exact) mass is 417 g/mol. The van der Waals surface area contributed by atoms with Gasteiger partial charge in [0.1, 0.15) is 5.60 Å². The van der Waals surface area contributed by atoms with Crippen LogP contribution in [0.4, 0.5) is 4.79 Å². The van der Waals surface area contributed by atoms with Crippen molar-refractivity contribution in [3.8, 4) is 0 Å². The van der Waals surface area contributed by atoms with E-state index in [-0.39, 0.29) is 12.1 Å². The predicted octanol–water partition coefficient (Wildman–Crippen LogP) is 4.55. The molecule has 0 radical (unpaired) electrons. The molecule has 1 aliphatic heterocycles. The lowest BCUT2D eigenvalue weighted by molar-refractivity contribution is 0.0217. The molecule has 1 aliphatic rings. The Morgan fingerprint density at radius 3 is 2.82 bits per heavy atom. The van der Waals surface area contributed by atoms with Crippen LogP contribution in [0, 0.1) is 0 Å². The average Bonchev–Trinajstić information content (AvgIpc) is 3.34. The summed E-state index contributed by atoms with van der Waals surface area (Å²) in [5.41, 5.74) is 0.734. The van der Waals surface area contributed by atoms with Crippen molar-refractivity contribution in [2.75, 3.05) is 6.54 Å². The van der Waals surface area contributed by atoms with Crippen LogP contribution in [0.2, 0.25) is 0 Å². The first-order chi connectivity index (χ1) is 13.4. The first-order valence-electron chi connectivity index (χ1n) is 9.29. The molecule has 3 heterocycles. The molecule has 3 aromatic rings. The summed E-state index contributed by atoms with van der Waals surface area (Å²) in [5.74, 6) is 1.56. The number of benzene rings is 1. The van der Waals surface area contributed by atoms with E-state index in [1.165, 1.54) is 16.9 Å². The fourth-order valence-corrected chi connectivity index (χ4v) is 5.01. The Bertz CT molecular complexity index is 964. The van der Waals surface area contributed by atoms with Gasteiger partial charge in [-0.05, 0) is 39.2 Å². The molecule has 1 saturated heterocycles. The highest BCUT2D eigenvalue weighted by Crippen LogP contribution is 2.34. The van der Waals surface area contributed by atoms with E-state index in [4.69, 9.17) is 9.84 Å². The highest BCUT2D eigenvalue weighted by molar-refractivity contribution is 8.00. The fraction of sp³-hybridized carbons (Fsp3) is 0.474. The van der Waals surface area contributed by atoms with Crippen molar-refractivity contribution < 1.29 is 9.53 Å². The minimum atomic E-state index is -0.522. The maximum Gasteiger partial charge on any atom is 0.410 e. The van der Waals surface area contributed by atoms with Gasteiger partial charge in [-0.1, -0.05) is 53.4 Å². The maximum atomic E-state index is 12.6. The van der Waals surface area contributed by atoms with Gasteiger partial charge in [0.25, 0.3) is 0 Å². The summed E-state index contributed by atoms with van der Waals surface area (Å²) in [6, 6.07) is 10.2. The van der Waals surface area contributed by atoms with Gasteiger partial charge in [0.15, 0.2) is 10.2 Å². The summed E-state index contributed by atoms with van der Waals surface area (Å²) in [7, 11) is 0. The van der Waals surface area contributed by atoms with E-state index in [9.17, 15) is 4.79 Å². The number of thioether (sulfide) groups is 1. The molecule has 4 rings (SSSR count). The Balaban J connectivity index is 1.52. The second-order valence-corrected chi connectivity index (χ2v) is 9.91. The van der Waals surface area contributed by atoms with Crippen LogP contribution in [0.25, 0.3) is 4.96 Å². The molecule has 1 aromatic carbocycles. The average molecular weight is 418 g/mol. The van der Waals surface area contributed by atoms with Crippen LogP contribution in [-0.2, 0) is 10.5 Å². The Morgan fingerprint density at radius 1 is 1.29 bits per heavy atom. The number of hydrogen-bond donors (Lipinski definition) is 0. The SMILES string of the molecule is CC(C)(C)OC(=O)N1CCCC1c1nnc2sc(SCc3ccccc3)nn12. The molecule has 1 unspecified atom stereocenters. The van der Waals surface area contributed by atoms with Crippen molar-refractivity contribution in [1.82, 2.24) is 24.7 Å². The molecule has 2 aromatic heterocycles. The molecule has 0 N–H and O–H groups in total. The van der Waals surface area contributed by atoms with E-state index in [2.05, 4.69) is 22.3 Å². The van der Waals surface area contributed by atoms with E-state index < -0.39 is 5.60 Å². The number of likely N-dealkylation sites (tertiary alicyclic amines) is 1. The lowest BCUT2D eigenvalue weighted by Gasteiger charge is -2.27. The summed E-state index contributed by atoms with van der Waals surface area (Å²) in [6.07, 6.45) is 1.45. The van der Waals surface area contributed by atoms with Gasteiger partial charge in [-0.3, -0.25) is 4.90 Å². The third-order valence-electron chi connectivity index (χ3n) is 4.38. The Morgan fingerprint density at radius 2 is 2.07 bits per heavy atom. The largest absolute Gasteiger partial charge is 0.444 e. The van der Waals surface area contributed by atoms with Crippen molar-refractivity contribution in [3.05, 3.63) is 41.7 Å². The lowest BCUT2D eigenvalue weighted by Crippen LogP contribution is -2.37. The molecular weight excluding hydrogens is 394 g/mol. The van der Waals surface area contributed by atoms with Crippen LogP contribution in [0.5, 0.6) is 0 Å². The topological polar surface area (TPSA) is 72.6 Å². The van der Waals surface area contributed by atoms with Crippen molar-refractivity contribution in [3.63, 3.8) is 0 Å². The number of rotatable bonds is 4. The van der Waals surface area contributed by atoms with Crippen LogP contribution in [0.15, 0.2) is 34.7 Å². The number of fused-ring (bicyclic) bond motifs is 1. The molecular formula is C19H23N5O2S2. The van der Waals surface area contributed by atoms with Gasteiger partial charge in [0, 0.05) is 12.3 Å². The molecule has 7 nitrogen and oxygen atoms in total. The zero-order valence-electron chi connectivity index (χ0n) is 16.2. The zero-order valence-corrected chi connectivity index (χ0v) is 17.8. The number of amides is 1. The molecule has 0 saturated carbocycles. The fourth-order valence-electron chi connectivity index (χ4n) is 3.17. The molecule has 1 amide bonds. The van der Waals surface area contributed by atoms with E-state index in [1.54, 1.807) is 21.2 Å². The van der Waals surface area contributed by atoms with Gasteiger partial charge in [0.05, 0.1) is 6.04 Å². The minimum absolute atomic E-state index is 0.154. The number of ether oxygens (including phenoxy) is 1. The number of aromatic nitrogens is 4. The minimum Gasteiger partial charge on any atom is -0.444 e. The lowest BCUT2D eigenvalue weighted by atomic mass is 10.2. The van der Waals surface area contributed by atoms with Gasteiger partial charge < -0.3 is 4.74 Å². The molecule has 28 heavy (non-hydrogen) atoms. The summed E-state index contributed by atoms with van der Waals surface area (Å²) >= 11 is 3.21. The van der Waals surface area contributed by atoms with Crippen molar-refractivity contribution >= 4 is 34.2 Å². The first kappa shape index (κ1) is 19.2. The predicted molar refractivity (Wildman–Crippen MR) is 110 cm³/mol. The summed E-state index contributed by atoms with van der Waals surface area (Å²) in [6.45, 7) is 6.29. The number of carbonyl (C=O) groups excluding carboxylic acids is 1. The molecule has 9 heteroatoms. The van der Waals surface area contributed by atoms with Crippen molar-refractivity contribution in [2.45, 2.75) is 55.3 Å². The molecule has 1 atom stereocenters. The van der Waals surface area contributed by atoms with E-state index in [1.807, 2.05) is 39.0 Å². The van der Waals surface area contributed by atoms with E-state index in [0.717, 1.165) is 27.9 Å². The second kappa shape index (κ2) is 7.71. The molecule has 1 fully saturated rings. The first-order valence-corrected chi connectivity index (χ1v) is 11.1. The summed E-state index contributed by atoms with van der Waals surface area (Å²) in [4.78, 5) is 15.1. The van der Waals surface area contributed by atoms with E-state index >= 15 is 0 Å². The Kier molecular flexibility index (Phi) is 5.29. The van der Waals surface area contributed by atoms with Crippen LogP contribution >= 0.6 is 23.1 Å².